The van der Waals surface area contributed by atoms with E-state index < -0.39 is 29.1 Å². The van der Waals surface area contributed by atoms with E-state index in [1.165, 1.54) is 10.6 Å². The summed E-state index contributed by atoms with van der Waals surface area (Å²) in [4.78, 5) is 12.1. The number of hydrogen-bond donors (Lipinski definition) is 1. The molecule has 0 fully saturated rings. The maximum absolute atomic E-state index is 13.2. The first-order valence-corrected chi connectivity index (χ1v) is 7.61. The van der Waals surface area contributed by atoms with Crippen LogP contribution in [0.1, 0.15) is 18.1 Å². The molecule has 1 aliphatic heterocycles. The third kappa shape index (κ3) is 2.46. The Balaban J connectivity index is 2.44. The molecule has 4 nitrogen and oxygen atoms in total. The highest BCUT2D eigenvalue weighted by Crippen LogP contribution is 2.51. The molecule has 0 atom stereocenters. The van der Waals surface area contributed by atoms with Gasteiger partial charge in [0.25, 0.3) is 11.2 Å². The van der Waals surface area contributed by atoms with Gasteiger partial charge in [0, 0.05) is 17.0 Å². The van der Waals surface area contributed by atoms with Crippen molar-refractivity contribution >= 4 is 10.9 Å². The highest BCUT2D eigenvalue weighted by molar-refractivity contribution is 5.89. The molecule has 0 bridgehead atoms. The monoisotopic (exact) mass is 381 g/mol. The summed E-state index contributed by atoms with van der Waals surface area (Å²) in [5, 5.41) is 9.67. The summed E-state index contributed by atoms with van der Waals surface area (Å²) in [7, 11) is 0. The first-order valence-electron chi connectivity index (χ1n) is 7.61. The van der Waals surface area contributed by atoms with Gasteiger partial charge in [0.15, 0.2) is 0 Å². The zero-order chi connectivity index (χ0) is 19.5. The van der Waals surface area contributed by atoms with E-state index in [2.05, 4.69) is 0 Å². The Morgan fingerprint density at radius 1 is 1.12 bits per heavy atom. The number of benzene rings is 1. The van der Waals surface area contributed by atoms with Gasteiger partial charge in [0.2, 0.25) is 0 Å². The number of nitrogens with zero attached hydrogens (tertiary/aromatic N) is 1. The van der Waals surface area contributed by atoms with Crippen LogP contribution in [-0.4, -0.2) is 28.6 Å². The molecule has 0 unspecified atom stereocenters. The van der Waals surface area contributed by atoms with Gasteiger partial charge in [-0.05, 0) is 24.1 Å². The zero-order valence-corrected chi connectivity index (χ0v) is 13.3. The third-order valence-electron chi connectivity index (χ3n) is 4.45. The molecule has 1 aromatic heterocycles. The summed E-state index contributed by atoms with van der Waals surface area (Å²) in [5.74, 6) is -0.303. The molecule has 26 heavy (non-hydrogen) atoms. The fraction of sp³-hybridized carbons (Fsp3) is 0.438. The van der Waals surface area contributed by atoms with Crippen molar-refractivity contribution in [1.82, 2.24) is 4.57 Å². The second-order valence-corrected chi connectivity index (χ2v) is 5.94. The summed E-state index contributed by atoms with van der Waals surface area (Å²) in [6.07, 6.45) is -11.8. The van der Waals surface area contributed by atoms with Gasteiger partial charge >= 0.3 is 12.4 Å². The van der Waals surface area contributed by atoms with E-state index in [1.807, 2.05) is 0 Å². The van der Waals surface area contributed by atoms with Gasteiger partial charge in [-0.3, -0.25) is 4.79 Å². The highest BCUT2D eigenvalue weighted by Gasteiger charge is 2.71. The molecule has 2 aromatic rings. The first-order chi connectivity index (χ1) is 11.9. The topological polar surface area (TPSA) is 51.5 Å². The molecule has 1 aromatic carbocycles. The van der Waals surface area contributed by atoms with Gasteiger partial charge in [0.05, 0.1) is 12.1 Å². The molecule has 0 radical (unpaired) electrons. The Bertz CT molecular complexity index is 915. The molecule has 1 N–H and O–H groups in total. The van der Waals surface area contributed by atoms with Crippen LogP contribution in [0, 0.1) is 0 Å². The number of alkyl halides is 6. The molecule has 1 aliphatic rings. The summed E-state index contributed by atoms with van der Waals surface area (Å²) in [6, 6.07) is 2.29. The highest BCUT2D eigenvalue weighted by atomic mass is 19.4. The van der Waals surface area contributed by atoms with Gasteiger partial charge in [-0.2, -0.15) is 26.3 Å². The number of hydrogen-bond acceptors (Lipinski definition) is 3. The quantitative estimate of drug-likeness (QED) is 0.813. The zero-order valence-electron chi connectivity index (χ0n) is 13.3. The van der Waals surface area contributed by atoms with Crippen molar-refractivity contribution in [3.63, 3.8) is 0 Å². The van der Waals surface area contributed by atoms with Crippen molar-refractivity contribution in [3.8, 4) is 5.75 Å². The maximum Gasteiger partial charge on any atom is 0.430 e. The van der Waals surface area contributed by atoms with Gasteiger partial charge in [-0.1, -0.05) is 6.92 Å². The Morgan fingerprint density at radius 3 is 2.27 bits per heavy atom. The Kier molecular flexibility index (Phi) is 4.02. The predicted molar refractivity (Wildman–Crippen MR) is 79.1 cm³/mol. The van der Waals surface area contributed by atoms with Crippen LogP contribution < -0.4 is 10.3 Å². The van der Waals surface area contributed by atoms with E-state index in [4.69, 9.17) is 4.74 Å². The average Bonchev–Trinajstić information content (AvgIpc) is 2.54. The molecule has 142 valence electrons. The van der Waals surface area contributed by atoms with Gasteiger partial charge in [-0.25, -0.2) is 0 Å². The Labute approximate surface area is 142 Å². The van der Waals surface area contributed by atoms with Gasteiger partial charge in [-0.15, -0.1) is 0 Å². The van der Waals surface area contributed by atoms with Crippen molar-refractivity contribution in [3.05, 3.63) is 39.7 Å². The van der Waals surface area contributed by atoms with Crippen LogP contribution in [0.25, 0.3) is 10.9 Å². The molecule has 0 saturated carbocycles. The second-order valence-electron chi connectivity index (χ2n) is 5.94. The third-order valence-corrected chi connectivity index (χ3v) is 4.45. The van der Waals surface area contributed by atoms with Crippen molar-refractivity contribution in [2.75, 3.05) is 6.61 Å². The van der Waals surface area contributed by atoms with E-state index in [-0.39, 0.29) is 41.8 Å². The SMILES string of the molecule is CCc1cc(=O)n2c3c(cc(C(O)(C(F)(F)F)C(F)(F)F)cc13)OCC2. The normalized spacial score (nSPS) is 15.2. The largest absolute Gasteiger partial charge is 0.490 e. The lowest BCUT2D eigenvalue weighted by Gasteiger charge is -2.33. The lowest BCUT2D eigenvalue weighted by molar-refractivity contribution is -0.376. The van der Waals surface area contributed by atoms with Crippen LogP contribution in [-0.2, 0) is 18.6 Å². The number of aryl methyl sites for hydroxylation is 1. The van der Waals surface area contributed by atoms with Crippen LogP contribution in [0.5, 0.6) is 5.75 Å². The Morgan fingerprint density at radius 2 is 1.73 bits per heavy atom. The Hall–Kier alpha value is -2.23. The molecular formula is C16H13F6NO3. The number of aromatic nitrogens is 1. The molecule has 0 spiro atoms. The molecule has 0 amide bonds. The summed E-state index contributed by atoms with van der Waals surface area (Å²) in [5.41, 5.74) is -6.50. The summed E-state index contributed by atoms with van der Waals surface area (Å²) >= 11 is 0. The van der Waals surface area contributed by atoms with Crippen molar-refractivity contribution in [2.24, 2.45) is 0 Å². The molecule has 0 saturated heterocycles. The van der Waals surface area contributed by atoms with Crippen LogP contribution in [0.15, 0.2) is 23.0 Å². The van der Waals surface area contributed by atoms with Crippen molar-refractivity contribution in [1.29, 1.82) is 0 Å². The molecule has 3 rings (SSSR count). The molecule has 10 heteroatoms. The van der Waals surface area contributed by atoms with Crippen LogP contribution in [0.3, 0.4) is 0 Å². The van der Waals surface area contributed by atoms with Crippen LogP contribution in [0.2, 0.25) is 0 Å². The smallest absolute Gasteiger partial charge is 0.430 e. The number of rotatable bonds is 2. The maximum atomic E-state index is 13.2. The second kappa shape index (κ2) is 5.63. The molecule has 0 aliphatic carbocycles. The van der Waals surface area contributed by atoms with E-state index in [0.717, 1.165) is 0 Å². The number of pyridine rings is 1. The summed E-state index contributed by atoms with van der Waals surface area (Å²) < 4.78 is 85.6. The van der Waals surface area contributed by atoms with Crippen molar-refractivity contribution in [2.45, 2.75) is 37.8 Å². The van der Waals surface area contributed by atoms with Gasteiger partial charge in [0.1, 0.15) is 12.4 Å². The first kappa shape index (κ1) is 18.6. The molecule has 2 heterocycles. The van der Waals surface area contributed by atoms with E-state index in [9.17, 15) is 36.2 Å². The lowest BCUT2D eigenvalue weighted by Crippen LogP contribution is -2.54. The predicted octanol–water partition coefficient (Wildman–Crippen LogP) is 3.27. The fourth-order valence-corrected chi connectivity index (χ4v) is 3.11. The molecular weight excluding hydrogens is 368 g/mol. The van der Waals surface area contributed by atoms with Crippen LogP contribution in [0.4, 0.5) is 26.3 Å². The van der Waals surface area contributed by atoms with E-state index in [1.54, 1.807) is 6.92 Å². The average molecular weight is 381 g/mol. The number of aliphatic hydroxyl groups is 1. The summed E-state index contributed by atoms with van der Waals surface area (Å²) in [6.45, 7) is 1.64. The van der Waals surface area contributed by atoms with Crippen LogP contribution >= 0.6 is 0 Å². The van der Waals surface area contributed by atoms with Gasteiger partial charge < -0.3 is 14.4 Å². The number of halogens is 6. The standard InChI is InChI=1S/C16H13F6NO3/c1-2-8-5-12(24)23-3-4-26-11-7-9(6-10(8)13(11)23)14(25,15(17,18)19)16(20,21)22/h5-7,25H,2-4H2,1H3. The number of ether oxygens (including phenoxy) is 1. The fourth-order valence-electron chi connectivity index (χ4n) is 3.11. The minimum atomic E-state index is -6.00. The minimum absolute atomic E-state index is 0.00576. The van der Waals surface area contributed by atoms with E-state index in [0.29, 0.717) is 12.1 Å². The van der Waals surface area contributed by atoms with E-state index >= 15 is 0 Å². The lowest BCUT2D eigenvalue weighted by atomic mass is 9.89. The van der Waals surface area contributed by atoms with Crippen molar-refractivity contribution < 1.29 is 36.2 Å². The minimum Gasteiger partial charge on any atom is -0.490 e.